The van der Waals surface area contributed by atoms with Crippen LogP contribution in [0.2, 0.25) is 0 Å². The summed E-state index contributed by atoms with van der Waals surface area (Å²) in [6.07, 6.45) is -1.85. The molecule has 2 aromatic heterocycles. The Morgan fingerprint density at radius 1 is 1.16 bits per heavy atom. The van der Waals surface area contributed by atoms with Gasteiger partial charge in [-0.2, -0.15) is 18.3 Å². The highest BCUT2D eigenvalue weighted by Crippen LogP contribution is 2.36. The summed E-state index contributed by atoms with van der Waals surface area (Å²) in [5.74, 6) is 0.580. The van der Waals surface area contributed by atoms with Crippen LogP contribution in [0.1, 0.15) is 41.8 Å². The maximum Gasteiger partial charge on any atom is 0.416 e. The van der Waals surface area contributed by atoms with Crippen LogP contribution in [0.25, 0.3) is 10.9 Å². The minimum absolute atomic E-state index is 0.0403. The number of anilines is 2. The average Bonchev–Trinajstić information content (AvgIpc) is 3.44. The molecule has 38 heavy (non-hydrogen) atoms. The van der Waals surface area contributed by atoms with Gasteiger partial charge in [0.15, 0.2) is 5.82 Å². The first-order chi connectivity index (χ1) is 18.1. The number of fused-ring (bicyclic) bond motifs is 1. The number of nitrogens with one attached hydrogen (secondary N) is 1. The first-order valence-corrected chi connectivity index (χ1v) is 12.8. The van der Waals surface area contributed by atoms with Gasteiger partial charge in [0.25, 0.3) is 0 Å². The smallest absolute Gasteiger partial charge is 0.381 e. The summed E-state index contributed by atoms with van der Waals surface area (Å²) in [6.45, 7) is 8.85. The molecule has 2 aliphatic rings. The van der Waals surface area contributed by atoms with Crippen molar-refractivity contribution in [3.8, 4) is 0 Å². The monoisotopic (exact) mass is 528 g/mol. The molecule has 4 heterocycles. The molecule has 0 bridgehead atoms. The van der Waals surface area contributed by atoms with Crippen molar-refractivity contribution in [2.24, 2.45) is 5.92 Å². The first-order valence-electron chi connectivity index (χ1n) is 12.8. The Morgan fingerprint density at radius 2 is 1.92 bits per heavy atom. The minimum Gasteiger partial charge on any atom is -0.381 e. The molecule has 3 aromatic rings. The van der Waals surface area contributed by atoms with E-state index in [1.54, 1.807) is 19.2 Å². The van der Waals surface area contributed by atoms with Gasteiger partial charge in [-0.25, -0.2) is 0 Å². The van der Waals surface area contributed by atoms with E-state index in [1.807, 2.05) is 17.9 Å². The fourth-order valence-corrected chi connectivity index (χ4v) is 5.31. The van der Waals surface area contributed by atoms with Gasteiger partial charge in [-0.1, -0.05) is 12.1 Å². The number of aromatic nitrogens is 3. The van der Waals surface area contributed by atoms with Crippen LogP contribution in [0.3, 0.4) is 0 Å². The topological polar surface area (TPSA) is 83.5 Å². The maximum atomic E-state index is 13.5. The van der Waals surface area contributed by atoms with Crippen molar-refractivity contribution in [3.05, 3.63) is 52.8 Å². The van der Waals surface area contributed by atoms with Crippen molar-refractivity contribution >= 4 is 28.3 Å². The number of alkyl halides is 3. The second-order valence-corrected chi connectivity index (χ2v) is 9.98. The quantitative estimate of drug-likeness (QED) is 0.522. The molecule has 2 aliphatic heterocycles. The van der Waals surface area contributed by atoms with Gasteiger partial charge >= 0.3 is 6.18 Å². The highest BCUT2D eigenvalue weighted by Gasteiger charge is 2.33. The molecule has 202 valence electrons. The summed E-state index contributed by atoms with van der Waals surface area (Å²) in [6, 6.07) is 5.74. The second kappa shape index (κ2) is 10.4. The van der Waals surface area contributed by atoms with Crippen LogP contribution >= 0.6 is 0 Å². The number of piperazine rings is 1. The fourth-order valence-electron chi connectivity index (χ4n) is 5.31. The number of carbonyl (C=O) groups excluding carboxylic acids is 1. The van der Waals surface area contributed by atoms with E-state index in [2.05, 4.69) is 25.4 Å². The SMILES string of the molecule is Cc1c([C@@H](C)Nc2nnc(C)c3ncc(N4CCN(C(=O)C5CCOC5)CC4)cc23)cccc1C(F)(F)F. The van der Waals surface area contributed by atoms with Crippen molar-refractivity contribution in [1.29, 1.82) is 0 Å². The Bertz CT molecular complexity index is 1330. The molecule has 0 aliphatic carbocycles. The number of benzene rings is 1. The lowest BCUT2D eigenvalue weighted by atomic mass is 9.97. The fraction of sp³-hybridized carbons (Fsp3) is 0.481. The lowest BCUT2D eigenvalue weighted by molar-refractivity contribution is -0.138. The lowest BCUT2D eigenvalue weighted by Gasteiger charge is -2.37. The molecule has 2 saturated heterocycles. The van der Waals surface area contributed by atoms with Crippen LogP contribution in [0.15, 0.2) is 30.5 Å². The number of amides is 1. The third-order valence-corrected chi connectivity index (χ3v) is 7.51. The van der Waals surface area contributed by atoms with E-state index in [4.69, 9.17) is 4.74 Å². The number of aryl methyl sites for hydroxylation is 1. The number of rotatable bonds is 5. The molecular weight excluding hydrogens is 497 g/mol. The number of ether oxygens (including phenoxy) is 1. The molecular formula is C27H31F3N6O2. The molecule has 1 aromatic carbocycles. The molecule has 1 N–H and O–H groups in total. The van der Waals surface area contributed by atoms with Crippen molar-refractivity contribution < 1.29 is 22.7 Å². The van der Waals surface area contributed by atoms with Crippen molar-refractivity contribution in [2.75, 3.05) is 49.6 Å². The molecule has 1 unspecified atom stereocenters. The Labute approximate surface area is 219 Å². The second-order valence-electron chi connectivity index (χ2n) is 9.98. The minimum atomic E-state index is -4.42. The van der Waals surface area contributed by atoms with Crippen LogP contribution in [0.4, 0.5) is 24.7 Å². The standard InChI is InChI=1S/C27H31F3N6O2/c1-16-21(5-4-6-23(16)27(28,29)30)17(2)32-25-22-13-20(14-31-24(22)18(3)33-34-25)35-8-10-36(11-9-35)26(37)19-7-12-38-15-19/h4-6,13-14,17,19H,7-12,15H2,1-3H3,(H,32,34)/t17-,19?/m1/s1. The molecule has 2 fully saturated rings. The Balaban J connectivity index is 1.37. The largest absolute Gasteiger partial charge is 0.416 e. The van der Waals surface area contributed by atoms with E-state index in [1.165, 1.54) is 13.0 Å². The maximum absolute atomic E-state index is 13.5. The molecule has 0 saturated carbocycles. The van der Waals surface area contributed by atoms with Crippen LogP contribution in [0, 0.1) is 19.8 Å². The normalized spacial score (nSPS) is 19.2. The van der Waals surface area contributed by atoms with Crippen molar-refractivity contribution in [3.63, 3.8) is 0 Å². The predicted octanol–water partition coefficient (Wildman–Crippen LogP) is 4.52. The molecule has 2 atom stereocenters. The molecule has 11 heteroatoms. The molecule has 8 nitrogen and oxygen atoms in total. The van der Waals surface area contributed by atoms with Crippen LogP contribution in [-0.2, 0) is 15.7 Å². The summed E-state index contributed by atoms with van der Waals surface area (Å²) in [5.41, 5.74) is 2.30. The lowest BCUT2D eigenvalue weighted by Crippen LogP contribution is -2.50. The molecule has 5 rings (SSSR count). The summed E-state index contributed by atoms with van der Waals surface area (Å²) in [5, 5.41) is 12.6. The zero-order valence-electron chi connectivity index (χ0n) is 21.7. The van der Waals surface area contributed by atoms with E-state index in [0.717, 1.165) is 23.6 Å². The molecule has 0 spiro atoms. The number of carbonyl (C=O) groups is 1. The van der Waals surface area contributed by atoms with Crippen LogP contribution < -0.4 is 10.2 Å². The zero-order chi connectivity index (χ0) is 27.0. The predicted molar refractivity (Wildman–Crippen MR) is 138 cm³/mol. The number of hydrogen-bond donors (Lipinski definition) is 1. The van der Waals surface area contributed by atoms with E-state index in [9.17, 15) is 18.0 Å². The average molecular weight is 529 g/mol. The van der Waals surface area contributed by atoms with Crippen molar-refractivity contribution in [1.82, 2.24) is 20.1 Å². The molecule has 1 amide bonds. The van der Waals surface area contributed by atoms with Gasteiger partial charge in [-0.05, 0) is 50.5 Å². The first kappa shape index (κ1) is 26.1. The van der Waals surface area contributed by atoms with Gasteiger partial charge in [-0.3, -0.25) is 9.78 Å². The van der Waals surface area contributed by atoms with Gasteiger partial charge in [0.05, 0.1) is 47.2 Å². The highest BCUT2D eigenvalue weighted by atomic mass is 19.4. The van der Waals surface area contributed by atoms with Crippen LogP contribution in [-0.4, -0.2) is 65.4 Å². The van der Waals surface area contributed by atoms with Gasteiger partial charge < -0.3 is 19.9 Å². The Kier molecular flexibility index (Phi) is 7.13. The van der Waals surface area contributed by atoms with Gasteiger partial charge in [0.2, 0.25) is 5.91 Å². The Hall–Kier alpha value is -3.47. The van der Waals surface area contributed by atoms with Crippen LogP contribution in [0.5, 0.6) is 0 Å². The highest BCUT2D eigenvalue weighted by molar-refractivity contribution is 5.92. The Morgan fingerprint density at radius 3 is 2.61 bits per heavy atom. The van der Waals surface area contributed by atoms with E-state index in [0.29, 0.717) is 62.0 Å². The van der Waals surface area contributed by atoms with E-state index >= 15 is 0 Å². The summed E-state index contributed by atoms with van der Waals surface area (Å²) >= 11 is 0. The molecule has 0 radical (unpaired) electrons. The zero-order valence-corrected chi connectivity index (χ0v) is 21.7. The van der Waals surface area contributed by atoms with E-state index < -0.39 is 17.8 Å². The number of nitrogens with zero attached hydrogens (tertiary/aromatic N) is 5. The third kappa shape index (κ3) is 5.11. The van der Waals surface area contributed by atoms with E-state index in [-0.39, 0.29) is 17.4 Å². The summed E-state index contributed by atoms with van der Waals surface area (Å²) in [7, 11) is 0. The van der Waals surface area contributed by atoms with Gasteiger partial charge in [-0.15, -0.1) is 5.10 Å². The van der Waals surface area contributed by atoms with Gasteiger partial charge in [0.1, 0.15) is 0 Å². The number of hydrogen-bond acceptors (Lipinski definition) is 7. The van der Waals surface area contributed by atoms with Gasteiger partial charge in [0, 0.05) is 38.2 Å². The third-order valence-electron chi connectivity index (χ3n) is 7.51. The summed E-state index contributed by atoms with van der Waals surface area (Å²) < 4.78 is 45.7. The van der Waals surface area contributed by atoms with Crippen molar-refractivity contribution in [2.45, 2.75) is 39.4 Å². The number of halogens is 3. The summed E-state index contributed by atoms with van der Waals surface area (Å²) in [4.78, 5) is 21.5. The number of pyridine rings is 1.